The molecule has 0 aliphatic carbocycles. The molecule has 0 fully saturated rings. The smallest absolute Gasteiger partial charge is 0.307 e. The molecule has 22 heteroatoms. The van der Waals surface area contributed by atoms with Gasteiger partial charge in [0.2, 0.25) is 0 Å². The monoisotopic (exact) mass is 952 g/mol. The zero-order chi connectivity index (χ0) is 47.8. The van der Waals surface area contributed by atoms with Gasteiger partial charge in [-0.2, -0.15) is 10.2 Å². The van der Waals surface area contributed by atoms with Crippen LogP contribution < -0.4 is 9.80 Å². The van der Waals surface area contributed by atoms with Crippen molar-refractivity contribution >= 4 is 80.6 Å². The molecule has 0 aromatic heterocycles. The van der Waals surface area contributed by atoms with Crippen molar-refractivity contribution in [2.75, 3.05) is 102 Å². The lowest BCUT2D eigenvalue weighted by molar-refractivity contribution is -0.385. The lowest BCUT2D eigenvalue weighted by atomic mass is 10.2. The Morgan fingerprint density at radius 3 is 1.27 bits per heavy atom. The van der Waals surface area contributed by atoms with E-state index in [9.17, 15) is 40.0 Å². The van der Waals surface area contributed by atoms with Gasteiger partial charge in [-0.1, -0.05) is 23.2 Å². The number of halogens is 2. The summed E-state index contributed by atoms with van der Waals surface area (Å²) in [6, 6.07) is 22.4. The van der Waals surface area contributed by atoms with E-state index in [4.69, 9.17) is 32.7 Å². The normalized spacial score (nSPS) is 11.5. The summed E-state index contributed by atoms with van der Waals surface area (Å²) in [5.41, 5.74) is 3.15. The number of nitro benzene ring substituents is 2. The van der Waals surface area contributed by atoms with E-state index in [-0.39, 0.29) is 60.7 Å². The number of rotatable bonds is 29. The third-order valence-corrected chi connectivity index (χ3v) is 10.7. The van der Waals surface area contributed by atoms with Crippen LogP contribution in [-0.2, 0) is 19.1 Å². The van der Waals surface area contributed by atoms with Crippen molar-refractivity contribution in [3.05, 3.63) is 115 Å². The minimum absolute atomic E-state index is 0.0774. The molecule has 0 aliphatic heterocycles. The van der Waals surface area contributed by atoms with Crippen LogP contribution in [-0.4, -0.2) is 134 Å². The van der Waals surface area contributed by atoms with Gasteiger partial charge < -0.3 is 34.4 Å². The number of esters is 2. The second-order valence-electron chi connectivity index (χ2n) is 14.4. The SMILES string of the molecule is CCN(CCOC(=O)CCN(CCC(=O)OCCN(CC)c1ccc(N=Nc2ccc([N+](=O)[O-])cc2Cl)cc1)CCN(CCO)CCO)c1ccc(N=Nc2ccc([N+](=O)[O-])cc2Cl)cc1. The summed E-state index contributed by atoms with van der Waals surface area (Å²) in [5.74, 6) is -0.794. The molecule has 20 nitrogen and oxygen atoms in total. The van der Waals surface area contributed by atoms with Crippen molar-refractivity contribution in [3.8, 4) is 0 Å². The topological polar surface area (TPSA) is 242 Å². The molecule has 0 saturated heterocycles. The average Bonchev–Trinajstić information content (AvgIpc) is 3.31. The number of carbonyl (C=O) groups is 2. The van der Waals surface area contributed by atoms with Crippen LogP contribution in [0.1, 0.15) is 26.7 Å². The minimum atomic E-state index is -0.541. The quantitative estimate of drug-likeness (QED) is 0.0225. The maximum atomic E-state index is 12.9. The fourth-order valence-electron chi connectivity index (χ4n) is 6.42. The lowest BCUT2D eigenvalue weighted by Gasteiger charge is -2.27. The molecule has 4 rings (SSSR count). The molecule has 4 aromatic rings. The second-order valence-corrected chi connectivity index (χ2v) is 15.3. The van der Waals surface area contributed by atoms with E-state index < -0.39 is 21.8 Å². The van der Waals surface area contributed by atoms with Crippen molar-refractivity contribution in [1.82, 2.24) is 9.80 Å². The summed E-state index contributed by atoms with van der Waals surface area (Å²) in [7, 11) is 0. The maximum absolute atomic E-state index is 12.9. The number of likely N-dealkylation sites (N-methyl/N-ethyl adjacent to an activating group) is 2. The Balaban J connectivity index is 1.23. The fourth-order valence-corrected chi connectivity index (χ4v) is 6.85. The van der Waals surface area contributed by atoms with Crippen LogP contribution in [0.5, 0.6) is 0 Å². The van der Waals surface area contributed by atoms with Gasteiger partial charge in [-0.15, -0.1) is 10.2 Å². The maximum Gasteiger partial charge on any atom is 0.307 e. The summed E-state index contributed by atoms with van der Waals surface area (Å²) in [4.78, 5) is 54.6. The number of anilines is 2. The van der Waals surface area contributed by atoms with Crippen molar-refractivity contribution in [3.63, 3.8) is 0 Å². The van der Waals surface area contributed by atoms with Gasteiger partial charge in [-0.3, -0.25) is 34.7 Å². The summed E-state index contributed by atoms with van der Waals surface area (Å²) < 4.78 is 11.2. The number of carbonyl (C=O) groups excluding carboxylic acids is 2. The Labute approximate surface area is 392 Å². The number of aliphatic hydroxyl groups is 2. The van der Waals surface area contributed by atoms with E-state index in [2.05, 4.69) is 20.5 Å². The minimum Gasteiger partial charge on any atom is -0.464 e. The highest BCUT2D eigenvalue weighted by molar-refractivity contribution is 6.33. The predicted octanol–water partition coefficient (Wildman–Crippen LogP) is 8.45. The molecule has 0 amide bonds. The number of ether oxygens (including phenoxy) is 2. The van der Waals surface area contributed by atoms with Gasteiger partial charge in [0.25, 0.3) is 11.4 Å². The van der Waals surface area contributed by atoms with Crippen LogP contribution in [0.25, 0.3) is 0 Å². The molecule has 0 bridgehead atoms. The Morgan fingerprint density at radius 1 is 0.561 bits per heavy atom. The van der Waals surface area contributed by atoms with Crippen molar-refractivity contribution in [1.29, 1.82) is 0 Å². The number of hydrogen-bond donors (Lipinski definition) is 2. The molecule has 0 spiro atoms. The van der Waals surface area contributed by atoms with Crippen LogP contribution >= 0.6 is 23.2 Å². The molecule has 66 heavy (non-hydrogen) atoms. The number of benzene rings is 4. The first kappa shape index (κ1) is 52.5. The highest BCUT2D eigenvalue weighted by Crippen LogP contribution is 2.32. The number of aliphatic hydroxyl groups excluding tert-OH is 2. The van der Waals surface area contributed by atoms with Crippen LogP contribution in [0.2, 0.25) is 10.0 Å². The van der Waals surface area contributed by atoms with Crippen LogP contribution in [0.4, 0.5) is 45.5 Å². The van der Waals surface area contributed by atoms with Gasteiger partial charge in [0.1, 0.15) is 24.6 Å². The molecule has 0 radical (unpaired) electrons. The zero-order valence-electron chi connectivity index (χ0n) is 36.8. The molecule has 0 atom stereocenters. The molecule has 354 valence electrons. The highest BCUT2D eigenvalue weighted by Gasteiger charge is 2.16. The Bertz CT molecular complexity index is 2100. The average molecular weight is 954 g/mol. The first-order chi connectivity index (χ1) is 31.8. The first-order valence-corrected chi connectivity index (χ1v) is 22.0. The summed E-state index contributed by atoms with van der Waals surface area (Å²) >= 11 is 12.2. The lowest BCUT2D eigenvalue weighted by Crippen LogP contribution is -2.39. The first-order valence-electron chi connectivity index (χ1n) is 21.2. The molecule has 0 saturated carbocycles. The molecule has 2 N–H and O–H groups in total. The summed E-state index contributed by atoms with van der Waals surface area (Å²) in [6.07, 6.45) is 0.159. The standard InChI is InChI=1S/C44H54Cl2N10O10/c1-3-53(35-9-5-33(6-10-35)47-49-41-15-13-37(55(61)62)31-39(41)45)25-29-65-43(59)17-19-51(21-22-52(23-27-57)24-28-58)20-18-44(60)66-30-26-54(4-2)36-11-7-34(8-12-36)48-50-42-16-14-38(56(63)64)32-40(42)46/h5-16,31-32,57-58H,3-4,17-30H2,1-2H3. The molecule has 0 unspecified atom stereocenters. The van der Waals surface area contributed by atoms with Crippen molar-refractivity contribution in [2.45, 2.75) is 26.7 Å². The van der Waals surface area contributed by atoms with E-state index in [1.165, 1.54) is 36.4 Å². The van der Waals surface area contributed by atoms with Gasteiger partial charge in [0.15, 0.2) is 0 Å². The predicted molar refractivity (Wildman–Crippen MR) is 251 cm³/mol. The van der Waals surface area contributed by atoms with Gasteiger partial charge in [-0.05, 0) is 74.5 Å². The number of non-ortho nitro benzene ring substituents is 2. The van der Waals surface area contributed by atoms with Crippen molar-refractivity contribution in [2.24, 2.45) is 20.5 Å². The molecule has 0 heterocycles. The van der Waals surface area contributed by atoms with Gasteiger partial charge >= 0.3 is 11.9 Å². The third-order valence-electron chi connectivity index (χ3n) is 10.1. The number of hydrogen-bond acceptors (Lipinski definition) is 18. The van der Waals surface area contributed by atoms with E-state index in [0.717, 1.165) is 11.4 Å². The fraction of sp³-hybridized carbons (Fsp3) is 0.409. The number of nitrogens with zero attached hydrogens (tertiary/aromatic N) is 10. The number of nitro groups is 2. The van der Waals surface area contributed by atoms with Gasteiger partial charge in [-0.25, -0.2) is 0 Å². The third kappa shape index (κ3) is 17.7. The van der Waals surface area contributed by atoms with Crippen LogP contribution in [0.3, 0.4) is 0 Å². The largest absolute Gasteiger partial charge is 0.464 e. The van der Waals surface area contributed by atoms with E-state index in [1.807, 2.05) is 57.7 Å². The van der Waals surface area contributed by atoms with Crippen molar-refractivity contribution < 1.29 is 39.1 Å². The molecule has 4 aromatic carbocycles. The Kier molecular flexibility index (Phi) is 22.3. The number of azo groups is 2. The Hall–Kier alpha value is -6.16. The van der Waals surface area contributed by atoms with E-state index in [0.29, 0.717) is 88.2 Å². The summed E-state index contributed by atoms with van der Waals surface area (Å²) in [5, 5.41) is 57.7. The zero-order valence-corrected chi connectivity index (χ0v) is 38.3. The second kappa shape index (κ2) is 28.0. The molecule has 0 aliphatic rings. The highest BCUT2D eigenvalue weighted by atomic mass is 35.5. The molecular weight excluding hydrogens is 899 g/mol. The van der Waals surface area contributed by atoms with E-state index in [1.54, 1.807) is 24.3 Å². The van der Waals surface area contributed by atoms with Crippen LogP contribution in [0.15, 0.2) is 105 Å². The van der Waals surface area contributed by atoms with Gasteiger partial charge in [0, 0.05) is 88.0 Å². The Morgan fingerprint density at radius 2 is 0.939 bits per heavy atom. The van der Waals surface area contributed by atoms with E-state index >= 15 is 0 Å². The van der Waals surface area contributed by atoms with Crippen LogP contribution in [0, 0.1) is 20.2 Å². The summed E-state index contributed by atoms with van der Waals surface area (Å²) in [6.45, 7) is 8.58. The molecular formula is C44H54Cl2N10O10. The van der Waals surface area contributed by atoms with Gasteiger partial charge in [0.05, 0.1) is 70.4 Å².